The molecular weight excluding hydrogens is 290 g/mol. The van der Waals surface area contributed by atoms with Crippen LogP contribution in [0.15, 0.2) is 46.9 Å². The standard InChI is InChI=1S/C15H16BrNO/c1-10-4-3-5-11(8-10)15(17)12-6-7-14(18-2)13(16)9-12/h3-9,15H,17H2,1-2H3. The Bertz CT molecular complexity index is 554. The molecule has 2 aromatic carbocycles. The Balaban J connectivity index is 2.34. The maximum absolute atomic E-state index is 6.28. The molecule has 18 heavy (non-hydrogen) atoms. The van der Waals surface area contributed by atoms with Crippen LogP contribution in [0.1, 0.15) is 22.7 Å². The molecule has 94 valence electrons. The molecule has 0 heterocycles. The molecule has 2 rings (SSSR count). The number of halogens is 1. The van der Waals surface area contributed by atoms with Crippen LogP contribution in [0.3, 0.4) is 0 Å². The lowest BCUT2D eigenvalue weighted by Crippen LogP contribution is -2.12. The van der Waals surface area contributed by atoms with Gasteiger partial charge in [-0.15, -0.1) is 0 Å². The van der Waals surface area contributed by atoms with Crippen LogP contribution in [0.5, 0.6) is 5.75 Å². The molecule has 0 spiro atoms. The number of ether oxygens (including phenoxy) is 1. The minimum Gasteiger partial charge on any atom is -0.496 e. The Morgan fingerprint density at radius 2 is 1.83 bits per heavy atom. The fourth-order valence-electron chi connectivity index (χ4n) is 1.93. The van der Waals surface area contributed by atoms with Gasteiger partial charge in [-0.1, -0.05) is 35.9 Å². The molecule has 1 unspecified atom stereocenters. The third kappa shape index (κ3) is 2.74. The Hall–Kier alpha value is -1.32. The summed E-state index contributed by atoms with van der Waals surface area (Å²) in [5.74, 6) is 0.815. The molecule has 0 amide bonds. The molecule has 0 bridgehead atoms. The normalized spacial score (nSPS) is 12.2. The molecule has 0 aliphatic carbocycles. The predicted molar refractivity (Wildman–Crippen MR) is 77.9 cm³/mol. The van der Waals surface area contributed by atoms with Crippen LogP contribution in [0.2, 0.25) is 0 Å². The quantitative estimate of drug-likeness (QED) is 0.936. The van der Waals surface area contributed by atoms with Crippen LogP contribution < -0.4 is 10.5 Å². The fourth-order valence-corrected chi connectivity index (χ4v) is 2.49. The Kier molecular flexibility index (Phi) is 4.04. The van der Waals surface area contributed by atoms with Crippen molar-refractivity contribution in [3.05, 3.63) is 63.6 Å². The lowest BCUT2D eigenvalue weighted by Gasteiger charge is -2.14. The molecule has 0 aliphatic heterocycles. The molecule has 3 heteroatoms. The summed E-state index contributed by atoms with van der Waals surface area (Å²) < 4.78 is 6.14. The monoisotopic (exact) mass is 305 g/mol. The van der Waals surface area contributed by atoms with Gasteiger partial charge in [-0.05, 0) is 46.1 Å². The number of methoxy groups -OCH3 is 1. The van der Waals surface area contributed by atoms with Crippen molar-refractivity contribution in [1.82, 2.24) is 0 Å². The van der Waals surface area contributed by atoms with Crippen molar-refractivity contribution in [2.45, 2.75) is 13.0 Å². The SMILES string of the molecule is COc1ccc(C(N)c2cccc(C)c2)cc1Br. The van der Waals surface area contributed by atoms with E-state index in [9.17, 15) is 0 Å². The summed E-state index contributed by atoms with van der Waals surface area (Å²) >= 11 is 3.48. The first-order valence-corrected chi connectivity index (χ1v) is 6.56. The van der Waals surface area contributed by atoms with E-state index in [2.05, 4.69) is 41.1 Å². The van der Waals surface area contributed by atoms with Crippen LogP contribution in [0.25, 0.3) is 0 Å². The zero-order valence-corrected chi connectivity index (χ0v) is 12.1. The molecule has 0 saturated carbocycles. The van der Waals surface area contributed by atoms with Crippen molar-refractivity contribution >= 4 is 15.9 Å². The van der Waals surface area contributed by atoms with Crippen LogP contribution in [0, 0.1) is 6.92 Å². The van der Waals surface area contributed by atoms with E-state index in [1.807, 2.05) is 24.3 Å². The maximum Gasteiger partial charge on any atom is 0.133 e. The lowest BCUT2D eigenvalue weighted by molar-refractivity contribution is 0.412. The third-order valence-electron chi connectivity index (χ3n) is 2.94. The molecule has 0 aromatic heterocycles. The first kappa shape index (κ1) is 13.1. The minimum atomic E-state index is -0.118. The van der Waals surface area contributed by atoms with Gasteiger partial charge in [0.25, 0.3) is 0 Å². The van der Waals surface area contributed by atoms with Crippen molar-refractivity contribution in [2.24, 2.45) is 5.73 Å². The molecule has 2 aromatic rings. The zero-order valence-electron chi connectivity index (χ0n) is 10.5. The molecule has 0 saturated heterocycles. The van der Waals surface area contributed by atoms with Crippen LogP contribution >= 0.6 is 15.9 Å². The second-order valence-electron chi connectivity index (χ2n) is 4.29. The highest BCUT2D eigenvalue weighted by Crippen LogP contribution is 2.29. The van der Waals surface area contributed by atoms with Crippen molar-refractivity contribution in [3.63, 3.8) is 0 Å². The second kappa shape index (κ2) is 5.55. The molecular formula is C15H16BrNO. The molecule has 1 atom stereocenters. The fraction of sp³-hybridized carbons (Fsp3) is 0.200. The molecule has 0 radical (unpaired) electrons. The van der Waals surface area contributed by atoms with E-state index in [0.717, 1.165) is 21.3 Å². The van der Waals surface area contributed by atoms with Crippen molar-refractivity contribution in [1.29, 1.82) is 0 Å². The predicted octanol–water partition coefficient (Wildman–Crippen LogP) is 3.81. The summed E-state index contributed by atoms with van der Waals surface area (Å²) in [6.07, 6.45) is 0. The average molecular weight is 306 g/mol. The summed E-state index contributed by atoms with van der Waals surface area (Å²) in [5, 5.41) is 0. The second-order valence-corrected chi connectivity index (χ2v) is 5.14. The summed E-state index contributed by atoms with van der Waals surface area (Å²) in [4.78, 5) is 0. The Morgan fingerprint density at radius 1 is 1.11 bits per heavy atom. The van der Waals surface area contributed by atoms with Gasteiger partial charge in [-0.25, -0.2) is 0 Å². The van der Waals surface area contributed by atoms with Crippen molar-refractivity contribution in [3.8, 4) is 5.75 Å². The van der Waals surface area contributed by atoms with Gasteiger partial charge in [0.2, 0.25) is 0 Å². The Labute approximate surface area is 116 Å². The lowest BCUT2D eigenvalue weighted by atomic mass is 9.98. The molecule has 0 aliphatic rings. The summed E-state index contributed by atoms with van der Waals surface area (Å²) in [7, 11) is 1.65. The van der Waals surface area contributed by atoms with Crippen molar-refractivity contribution in [2.75, 3.05) is 7.11 Å². The number of hydrogen-bond acceptors (Lipinski definition) is 2. The number of rotatable bonds is 3. The Morgan fingerprint density at radius 3 is 2.44 bits per heavy atom. The first-order valence-electron chi connectivity index (χ1n) is 5.77. The van der Waals surface area contributed by atoms with Crippen LogP contribution in [-0.4, -0.2) is 7.11 Å². The highest BCUT2D eigenvalue weighted by molar-refractivity contribution is 9.10. The van der Waals surface area contributed by atoms with Gasteiger partial charge in [0.05, 0.1) is 17.6 Å². The summed E-state index contributed by atoms with van der Waals surface area (Å²) in [6, 6.07) is 14.1. The van der Waals surface area contributed by atoms with E-state index in [-0.39, 0.29) is 6.04 Å². The number of benzene rings is 2. The molecule has 2 N–H and O–H groups in total. The van der Waals surface area contributed by atoms with E-state index < -0.39 is 0 Å². The van der Waals surface area contributed by atoms with Gasteiger partial charge in [0, 0.05) is 0 Å². The van der Waals surface area contributed by atoms with E-state index in [1.54, 1.807) is 7.11 Å². The van der Waals surface area contributed by atoms with Gasteiger partial charge in [0.15, 0.2) is 0 Å². The summed E-state index contributed by atoms with van der Waals surface area (Å²) in [5.41, 5.74) is 9.68. The summed E-state index contributed by atoms with van der Waals surface area (Å²) in [6.45, 7) is 2.07. The van der Waals surface area contributed by atoms with E-state index in [4.69, 9.17) is 10.5 Å². The molecule has 0 fully saturated rings. The largest absolute Gasteiger partial charge is 0.496 e. The maximum atomic E-state index is 6.28. The average Bonchev–Trinajstić information content (AvgIpc) is 2.37. The first-order chi connectivity index (χ1) is 8.61. The van der Waals surface area contributed by atoms with E-state index in [0.29, 0.717) is 0 Å². The van der Waals surface area contributed by atoms with Gasteiger partial charge in [-0.3, -0.25) is 0 Å². The topological polar surface area (TPSA) is 35.2 Å². The highest BCUT2D eigenvalue weighted by Gasteiger charge is 2.11. The highest BCUT2D eigenvalue weighted by atomic mass is 79.9. The van der Waals surface area contributed by atoms with E-state index >= 15 is 0 Å². The van der Waals surface area contributed by atoms with Gasteiger partial charge >= 0.3 is 0 Å². The smallest absolute Gasteiger partial charge is 0.133 e. The number of hydrogen-bond donors (Lipinski definition) is 1. The van der Waals surface area contributed by atoms with Gasteiger partial charge in [0.1, 0.15) is 5.75 Å². The van der Waals surface area contributed by atoms with Crippen molar-refractivity contribution < 1.29 is 4.74 Å². The molecule has 2 nitrogen and oxygen atoms in total. The van der Waals surface area contributed by atoms with Gasteiger partial charge in [-0.2, -0.15) is 0 Å². The minimum absolute atomic E-state index is 0.118. The van der Waals surface area contributed by atoms with Crippen LogP contribution in [-0.2, 0) is 0 Å². The van der Waals surface area contributed by atoms with Crippen LogP contribution in [0.4, 0.5) is 0 Å². The number of nitrogens with two attached hydrogens (primary N) is 1. The van der Waals surface area contributed by atoms with E-state index in [1.165, 1.54) is 5.56 Å². The number of aryl methyl sites for hydroxylation is 1. The zero-order chi connectivity index (χ0) is 13.1. The third-order valence-corrected chi connectivity index (χ3v) is 3.56. The van der Waals surface area contributed by atoms with Gasteiger partial charge < -0.3 is 10.5 Å².